The molecule has 0 radical (unpaired) electrons. The highest BCUT2D eigenvalue weighted by atomic mass is 32.2. The van der Waals surface area contributed by atoms with Crippen LogP contribution in [0.4, 0.5) is 17.6 Å². The van der Waals surface area contributed by atoms with Gasteiger partial charge in [0.1, 0.15) is 6.61 Å². The normalized spacial score (nSPS) is 11.8. The van der Waals surface area contributed by atoms with Crippen molar-refractivity contribution in [1.29, 1.82) is 0 Å². The molecule has 0 aromatic heterocycles. The molecule has 2 aromatic rings. The maximum Gasteiger partial charge on any atom is 0.249 e. The number of hydrogen-bond donors (Lipinski definition) is 0. The highest BCUT2D eigenvalue weighted by Crippen LogP contribution is 2.35. The lowest BCUT2D eigenvalue weighted by atomic mass is 10.2. The van der Waals surface area contributed by atoms with Crippen LogP contribution in [0, 0.1) is 23.3 Å². The molecule has 24 heavy (non-hydrogen) atoms. The lowest BCUT2D eigenvalue weighted by Crippen LogP contribution is -2.25. The summed E-state index contributed by atoms with van der Waals surface area (Å²) in [5.74, 6) is -9.52. The van der Waals surface area contributed by atoms with Crippen LogP contribution >= 0.6 is 0 Å². The van der Waals surface area contributed by atoms with Gasteiger partial charge < -0.3 is 4.74 Å². The van der Waals surface area contributed by atoms with Gasteiger partial charge >= 0.3 is 0 Å². The average molecular weight is 363 g/mol. The monoisotopic (exact) mass is 363 g/mol. The summed E-state index contributed by atoms with van der Waals surface area (Å²) in [7, 11) is -2.54. The van der Waals surface area contributed by atoms with Crippen molar-refractivity contribution in [1.82, 2.24) is 4.31 Å². The summed E-state index contributed by atoms with van der Waals surface area (Å²) in [4.78, 5) is -1.39. The van der Waals surface area contributed by atoms with E-state index in [1.807, 2.05) is 0 Å². The van der Waals surface area contributed by atoms with Gasteiger partial charge in [0.15, 0.2) is 22.3 Å². The van der Waals surface area contributed by atoms with Crippen molar-refractivity contribution >= 4 is 10.0 Å². The first-order valence-electron chi connectivity index (χ1n) is 6.63. The van der Waals surface area contributed by atoms with Crippen LogP contribution in [-0.4, -0.2) is 26.8 Å². The molecule has 130 valence electrons. The third kappa shape index (κ3) is 3.22. The summed E-state index contributed by atoms with van der Waals surface area (Å²) in [6.45, 7) is -0.363. The Morgan fingerprint density at radius 3 is 2.00 bits per heavy atom. The predicted molar refractivity (Wildman–Crippen MR) is 77.9 cm³/mol. The number of rotatable bonds is 5. The Morgan fingerprint density at radius 2 is 1.46 bits per heavy atom. The van der Waals surface area contributed by atoms with E-state index >= 15 is 0 Å². The Labute approximate surface area is 136 Å². The Balaban J connectivity index is 2.61. The fraction of sp³-hybridized carbons (Fsp3) is 0.200. The van der Waals surface area contributed by atoms with Gasteiger partial charge in [0.05, 0.1) is 0 Å². The second kappa shape index (κ2) is 6.78. The van der Waals surface area contributed by atoms with Gasteiger partial charge in [-0.2, -0.15) is 4.39 Å². The van der Waals surface area contributed by atoms with Crippen LogP contribution in [-0.2, 0) is 16.6 Å². The van der Waals surface area contributed by atoms with Gasteiger partial charge in [-0.25, -0.2) is 25.9 Å². The van der Waals surface area contributed by atoms with E-state index in [1.54, 1.807) is 30.3 Å². The predicted octanol–water partition coefficient (Wildman–Crippen LogP) is 3.07. The van der Waals surface area contributed by atoms with Crippen molar-refractivity contribution in [2.45, 2.75) is 11.5 Å². The molecular weight excluding hydrogens is 350 g/mol. The van der Waals surface area contributed by atoms with Gasteiger partial charge in [0.25, 0.3) is 0 Å². The zero-order chi connectivity index (χ0) is 18.1. The topological polar surface area (TPSA) is 46.6 Å². The summed E-state index contributed by atoms with van der Waals surface area (Å²) in [5.41, 5.74) is 0.496. The van der Waals surface area contributed by atoms with E-state index in [0.717, 1.165) is 14.1 Å². The molecule has 0 bridgehead atoms. The minimum absolute atomic E-state index is 0.363. The molecule has 9 heteroatoms. The van der Waals surface area contributed by atoms with E-state index in [-0.39, 0.29) is 6.61 Å². The number of benzene rings is 2. The fourth-order valence-electron chi connectivity index (χ4n) is 1.86. The molecule has 0 aliphatic heterocycles. The Hall–Kier alpha value is -2.13. The van der Waals surface area contributed by atoms with E-state index in [2.05, 4.69) is 0 Å². The quantitative estimate of drug-likeness (QED) is 0.466. The van der Waals surface area contributed by atoms with Gasteiger partial charge in [0.2, 0.25) is 21.7 Å². The van der Waals surface area contributed by atoms with Crippen molar-refractivity contribution in [3.8, 4) is 5.75 Å². The van der Waals surface area contributed by atoms with Gasteiger partial charge in [0, 0.05) is 14.1 Å². The highest BCUT2D eigenvalue weighted by Gasteiger charge is 2.35. The molecule has 0 amide bonds. The second-order valence-electron chi connectivity index (χ2n) is 4.98. The zero-order valence-corrected chi connectivity index (χ0v) is 13.5. The molecule has 4 nitrogen and oxygen atoms in total. The van der Waals surface area contributed by atoms with Gasteiger partial charge in [-0.15, -0.1) is 0 Å². The smallest absolute Gasteiger partial charge is 0.249 e. The molecule has 0 spiro atoms. The first-order valence-corrected chi connectivity index (χ1v) is 8.07. The standard InChI is InChI=1S/C15H13F4NO3S/c1-20(2)24(21,22)15-13(19)11(17)10(16)12(18)14(15)23-8-9-6-4-3-5-7-9/h3-7H,8H2,1-2H3. The molecule has 0 saturated heterocycles. The number of hydrogen-bond acceptors (Lipinski definition) is 3. The van der Waals surface area contributed by atoms with Gasteiger partial charge in [-0.05, 0) is 5.56 Å². The Bertz CT molecular complexity index is 855. The minimum Gasteiger partial charge on any atom is -0.484 e. The van der Waals surface area contributed by atoms with Crippen LogP contribution in [0.15, 0.2) is 35.2 Å². The lowest BCUT2D eigenvalue weighted by Gasteiger charge is -2.18. The van der Waals surface area contributed by atoms with Crippen molar-refractivity contribution in [3.05, 3.63) is 59.2 Å². The van der Waals surface area contributed by atoms with Crippen molar-refractivity contribution in [2.24, 2.45) is 0 Å². The van der Waals surface area contributed by atoms with Crippen LogP contribution < -0.4 is 4.74 Å². The number of ether oxygens (including phenoxy) is 1. The van der Waals surface area contributed by atoms with Crippen molar-refractivity contribution in [2.75, 3.05) is 14.1 Å². The first kappa shape index (κ1) is 18.2. The largest absolute Gasteiger partial charge is 0.484 e. The molecule has 2 rings (SSSR count). The van der Waals surface area contributed by atoms with Gasteiger partial charge in [-0.1, -0.05) is 30.3 Å². The third-order valence-electron chi connectivity index (χ3n) is 3.15. The van der Waals surface area contributed by atoms with Crippen LogP contribution in [0.1, 0.15) is 5.56 Å². The summed E-state index contributed by atoms with van der Waals surface area (Å²) >= 11 is 0. The molecule has 0 aliphatic carbocycles. The Kier molecular flexibility index (Phi) is 5.14. The molecule has 0 aliphatic rings. The zero-order valence-electron chi connectivity index (χ0n) is 12.7. The van der Waals surface area contributed by atoms with Gasteiger partial charge in [-0.3, -0.25) is 0 Å². The molecule has 2 aromatic carbocycles. The summed E-state index contributed by atoms with van der Waals surface area (Å²) in [6, 6.07) is 8.13. The molecule has 0 fully saturated rings. The molecule has 0 N–H and O–H groups in total. The molecule has 0 saturated carbocycles. The molecule has 0 unspecified atom stereocenters. The molecule has 0 heterocycles. The summed E-state index contributed by atoms with van der Waals surface area (Å²) < 4.78 is 84.8. The molecule has 0 atom stereocenters. The van der Waals surface area contributed by atoms with Crippen molar-refractivity contribution in [3.63, 3.8) is 0 Å². The van der Waals surface area contributed by atoms with Crippen LogP contribution in [0.3, 0.4) is 0 Å². The van der Waals surface area contributed by atoms with Crippen LogP contribution in [0.25, 0.3) is 0 Å². The van der Waals surface area contributed by atoms with E-state index in [9.17, 15) is 26.0 Å². The second-order valence-corrected chi connectivity index (χ2v) is 7.06. The van der Waals surface area contributed by atoms with E-state index in [4.69, 9.17) is 4.74 Å². The minimum atomic E-state index is -4.62. The first-order chi connectivity index (χ1) is 11.2. The average Bonchev–Trinajstić information content (AvgIpc) is 2.55. The maximum absolute atomic E-state index is 14.0. The van der Waals surface area contributed by atoms with Crippen molar-refractivity contribution < 1.29 is 30.7 Å². The lowest BCUT2D eigenvalue weighted by molar-refractivity contribution is 0.263. The SMILES string of the molecule is CN(C)S(=O)(=O)c1c(F)c(F)c(F)c(F)c1OCc1ccccc1. The van der Waals surface area contributed by atoms with E-state index in [1.165, 1.54) is 0 Å². The number of nitrogens with zero attached hydrogens (tertiary/aromatic N) is 1. The van der Waals surface area contributed by atoms with Crippen LogP contribution in [0.2, 0.25) is 0 Å². The van der Waals surface area contributed by atoms with E-state index in [0.29, 0.717) is 9.87 Å². The summed E-state index contributed by atoms with van der Waals surface area (Å²) in [5, 5.41) is 0. The third-order valence-corrected chi connectivity index (χ3v) is 4.99. The number of halogens is 4. The number of sulfonamides is 1. The van der Waals surface area contributed by atoms with Crippen LogP contribution in [0.5, 0.6) is 5.75 Å². The fourth-order valence-corrected chi connectivity index (χ4v) is 2.93. The van der Waals surface area contributed by atoms with E-state index < -0.39 is 43.9 Å². The molecular formula is C15H13F4NO3S. The summed E-state index contributed by atoms with van der Waals surface area (Å²) in [6.07, 6.45) is 0. The maximum atomic E-state index is 14.0. The Morgan fingerprint density at radius 1 is 0.917 bits per heavy atom. The highest BCUT2D eigenvalue weighted by molar-refractivity contribution is 7.89.